The van der Waals surface area contributed by atoms with E-state index in [0.717, 1.165) is 24.0 Å². The van der Waals surface area contributed by atoms with Crippen LogP contribution in [0.5, 0.6) is 0 Å². The molecule has 2 aromatic carbocycles. The van der Waals surface area contributed by atoms with E-state index in [0.29, 0.717) is 12.1 Å². The molecule has 0 aromatic heterocycles. The number of esters is 1. The molecule has 0 aliphatic heterocycles. The number of likely N-dealkylation sites (N-methyl/N-ethyl adjacent to an activating group) is 1. The third kappa shape index (κ3) is 6.54. The molecular weight excluding hydrogens is 356 g/mol. The molecule has 0 atom stereocenters. The van der Waals surface area contributed by atoms with Gasteiger partial charge in [-0.25, -0.2) is 0 Å². The van der Waals surface area contributed by atoms with Crippen molar-refractivity contribution in [1.29, 1.82) is 0 Å². The lowest BCUT2D eigenvalue weighted by atomic mass is 10.0. The summed E-state index contributed by atoms with van der Waals surface area (Å²) >= 11 is 0. The molecule has 2 rings (SSSR count). The van der Waals surface area contributed by atoms with Gasteiger partial charge in [0.2, 0.25) is 0 Å². The molecule has 28 heavy (non-hydrogen) atoms. The average molecular weight is 382 g/mol. The van der Waals surface area contributed by atoms with Crippen molar-refractivity contribution in [1.82, 2.24) is 10.2 Å². The van der Waals surface area contributed by atoms with Crippen molar-refractivity contribution in [3.63, 3.8) is 0 Å². The van der Waals surface area contributed by atoms with Gasteiger partial charge in [0.15, 0.2) is 6.61 Å². The molecule has 0 heterocycles. The zero-order valence-electron chi connectivity index (χ0n) is 16.3. The van der Waals surface area contributed by atoms with E-state index in [1.165, 1.54) is 4.90 Å². The van der Waals surface area contributed by atoms with E-state index >= 15 is 0 Å². The van der Waals surface area contributed by atoms with Gasteiger partial charge in [-0.05, 0) is 29.7 Å². The zero-order valence-corrected chi connectivity index (χ0v) is 16.3. The highest BCUT2D eigenvalue weighted by Crippen LogP contribution is 2.19. The van der Waals surface area contributed by atoms with Gasteiger partial charge < -0.3 is 15.0 Å². The molecule has 6 heteroatoms. The maximum atomic E-state index is 12.2. The molecular formula is C22H26N2O4. The molecule has 0 saturated heterocycles. The minimum atomic E-state index is -0.647. The molecule has 2 aromatic rings. The number of nitrogens with zero attached hydrogens (tertiary/aromatic N) is 1. The number of amides is 2. The maximum Gasteiger partial charge on any atom is 0.325 e. The van der Waals surface area contributed by atoms with Crippen molar-refractivity contribution in [2.75, 3.05) is 26.7 Å². The first-order valence-electron chi connectivity index (χ1n) is 9.34. The van der Waals surface area contributed by atoms with Crippen LogP contribution in [0.25, 0.3) is 11.1 Å². The fraction of sp³-hybridized carbons (Fsp3) is 0.318. The molecule has 0 saturated carbocycles. The standard InChI is InChI=1S/C22H26N2O4/c1-3-4-14-24(2)20(25)16-28-21(26)15-23-22(27)19-12-10-18(11-13-19)17-8-6-5-7-9-17/h5-13H,3-4,14-16H2,1-2H3,(H,23,27). The average Bonchev–Trinajstić information content (AvgIpc) is 2.74. The number of benzene rings is 2. The summed E-state index contributed by atoms with van der Waals surface area (Å²) in [6, 6.07) is 17.0. The molecule has 0 fully saturated rings. The topological polar surface area (TPSA) is 75.7 Å². The van der Waals surface area contributed by atoms with Gasteiger partial charge in [0.1, 0.15) is 6.54 Å². The Bertz CT molecular complexity index is 788. The minimum absolute atomic E-state index is 0.260. The van der Waals surface area contributed by atoms with Crippen molar-refractivity contribution < 1.29 is 19.1 Å². The lowest BCUT2D eigenvalue weighted by Gasteiger charge is -2.16. The van der Waals surface area contributed by atoms with Gasteiger partial charge in [0.05, 0.1) is 0 Å². The first-order valence-corrected chi connectivity index (χ1v) is 9.34. The highest BCUT2D eigenvalue weighted by atomic mass is 16.5. The molecule has 6 nitrogen and oxygen atoms in total. The Morgan fingerprint density at radius 2 is 1.61 bits per heavy atom. The van der Waals surface area contributed by atoms with Crippen molar-refractivity contribution in [2.45, 2.75) is 19.8 Å². The fourth-order valence-corrected chi connectivity index (χ4v) is 2.52. The zero-order chi connectivity index (χ0) is 20.4. The largest absolute Gasteiger partial charge is 0.454 e. The van der Waals surface area contributed by atoms with Gasteiger partial charge >= 0.3 is 5.97 Å². The minimum Gasteiger partial charge on any atom is -0.454 e. The van der Waals surface area contributed by atoms with Crippen LogP contribution in [-0.2, 0) is 14.3 Å². The van der Waals surface area contributed by atoms with E-state index in [9.17, 15) is 14.4 Å². The maximum absolute atomic E-state index is 12.2. The number of hydrogen-bond donors (Lipinski definition) is 1. The van der Waals surface area contributed by atoms with Crippen LogP contribution in [0.4, 0.5) is 0 Å². The number of ether oxygens (including phenoxy) is 1. The Balaban J connectivity index is 1.77. The summed E-state index contributed by atoms with van der Waals surface area (Å²) in [5.74, 6) is -1.28. The lowest BCUT2D eigenvalue weighted by Crippen LogP contribution is -2.35. The first kappa shape index (κ1) is 21.2. The van der Waals surface area contributed by atoms with Crippen molar-refractivity contribution in [2.24, 2.45) is 0 Å². The summed E-state index contributed by atoms with van der Waals surface area (Å²) in [4.78, 5) is 37.3. The Labute approximate surface area is 165 Å². The van der Waals surface area contributed by atoms with Crippen LogP contribution in [0.2, 0.25) is 0 Å². The molecule has 0 bridgehead atoms. The van der Waals surface area contributed by atoms with Crippen LogP contribution in [-0.4, -0.2) is 49.4 Å². The summed E-state index contributed by atoms with van der Waals surface area (Å²) in [5, 5.41) is 2.51. The van der Waals surface area contributed by atoms with Gasteiger partial charge in [0.25, 0.3) is 11.8 Å². The Morgan fingerprint density at radius 1 is 0.964 bits per heavy atom. The molecule has 0 aliphatic rings. The summed E-state index contributed by atoms with van der Waals surface area (Å²) < 4.78 is 4.92. The molecule has 2 amide bonds. The molecule has 0 aliphatic carbocycles. The van der Waals surface area contributed by atoms with Gasteiger partial charge in [-0.2, -0.15) is 0 Å². The SMILES string of the molecule is CCCCN(C)C(=O)COC(=O)CNC(=O)c1ccc(-c2ccccc2)cc1. The number of carbonyl (C=O) groups excluding carboxylic acids is 3. The number of rotatable bonds is 9. The van der Waals surface area contributed by atoms with Crippen LogP contribution in [0.3, 0.4) is 0 Å². The van der Waals surface area contributed by atoms with Crippen LogP contribution in [0.1, 0.15) is 30.1 Å². The van der Waals surface area contributed by atoms with Gasteiger partial charge in [0, 0.05) is 19.2 Å². The second kappa shape index (κ2) is 10.9. The molecule has 0 radical (unpaired) electrons. The first-order chi connectivity index (χ1) is 13.5. The predicted octanol–water partition coefficient (Wildman–Crippen LogP) is 2.89. The van der Waals surface area contributed by atoms with Gasteiger partial charge in [-0.3, -0.25) is 14.4 Å². The van der Waals surface area contributed by atoms with Crippen LogP contribution in [0, 0.1) is 0 Å². The van der Waals surface area contributed by atoms with E-state index < -0.39 is 5.97 Å². The monoisotopic (exact) mass is 382 g/mol. The Morgan fingerprint density at radius 3 is 2.25 bits per heavy atom. The molecule has 0 spiro atoms. The van der Waals surface area contributed by atoms with Crippen LogP contribution < -0.4 is 5.32 Å². The lowest BCUT2D eigenvalue weighted by molar-refractivity contribution is -0.150. The third-order valence-electron chi connectivity index (χ3n) is 4.28. The predicted molar refractivity (Wildman–Crippen MR) is 108 cm³/mol. The Hall–Kier alpha value is -3.15. The van der Waals surface area contributed by atoms with E-state index in [2.05, 4.69) is 5.32 Å². The van der Waals surface area contributed by atoms with Crippen molar-refractivity contribution in [3.8, 4) is 11.1 Å². The smallest absolute Gasteiger partial charge is 0.325 e. The normalized spacial score (nSPS) is 10.2. The molecule has 1 N–H and O–H groups in total. The second-order valence-corrected chi connectivity index (χ2v) is 6.46. The quantitative estimate of drug-likeness (QED) is 0.677. The van der Waals surface area contributed by atoms with Crippen molar-refractivity contribution in [3.05, 3.63) is 60.2 Å². The number of hydrogen-bond acceptors (Lipinski definition) is 4. The van der Waals surface area contributed by atoms with Crippen molar-refractivity contribution >= 4 is 17.8 Å². The van der Waals surface area contributed by atoms with E-state index in [1.807, 2.05) is 49.4 Å². The summed E-state index contributed by atoms with van der Waals surface area (Å²) in [6.45, 7) is 2.06. The summed E-state index contributed by atoms with van der Waals surface area (Å²) in [5.41, 5.74) is 2.51. The Kier molecular flexibility index (Phi) is 8.21. The van der Waals surface area contributed by atoms with Gasteiger partial charge in [-0.1, -0.05) is 55.8 Å². The van der Waals surface area contributed by atoms with Crippen LogP contribution >= 0.6 is 0 Å². The number of nitrogens with one attached hydrogen (secondary N) is 1. The third-order valence-corrected chi connectivity index (χ3v) is 4.28. The van der Waals surface area contributed by atoms with E-state index in [4.69, 9.17) is 4.74 Å². The van der Waals surface area contributed by atoms with E-state index in [-0.39, 0.29) is 25.0 Å². The summed E-state index contributed by atoms with van der Waals surface area (Å²) in [7, 11) is 1.67. The highest BCUT2D eigenvalue weighted by molar-refractivity contribution is 5.96. The molecule has 0 unspecified atom stereocenters. The molecule has 148 valence electrons. The second-order valence-electron chi connectivity index (χ2n) is 6.46. The van der Waals surface area contributed by atoms with E-state index in [1.54, 1.807) is 19.2 Å². The number of unbranched alkanes of at least 4 members (excludes halogenated alkanes) is 1. The summed E-state index contributed by atoms with van der Waals surface area (Å²) in [6.07, 6.45) is 1.88. The fourth-order valence-electron chi connectivity index (χ4n) is 2.52. The highest BCUT2D eigenvalue weighted by Gasteiger charge is 2.13. The number of carbonyl (C=O) groups is 3. The van der Waals surface area contributed by atoms with Crippen LogP contribution in [0.15, 0.2) is 54.6 Å². The van der Waals surface area contributed by atoms with Gasteiger partial charge in [-0.15, -0.1) is 0 Å².